The fourth-order valence-electron chi connectivity index (χ4n) is 2.12. The van der Waals surface area contributed by atoms with Crippen molar-refractivity contribution in [1.29, 1.82) is 0 Å². The molecule has 1 aromatic carbocycles. The van der Waals surface area contributed by atoms with Crippen LogP contribution in [0.15, 0.2) is 22.7 Å². The topological polar surface area (TPSA) is 3.24 Å². The smallest absolute Gasteiger partial charge is 0.128 e. The molecule has 1 aliphatic carbocycles. The predicted octanol–water partition coefficient (Wildman–Crippen LogP) is 3.82. The maximum absolute atomic E-state index is 13.6. The van der Waals surface area contributed by atoms with Crippen LogP contribution in [-0.2, 0) is 6.54 Å². The Balaban J connectivity index is 1.91. The summed E-state index contributed by atoms with van der Waals surface area (Å²) in [5.74, 6) is 0.721. The molecule has 0 spiro atoms. The Morgan fingerprint density at radius 3 is 2.75 bits per heavy atom. The SMILES string of the molecule is CN(Cc1ccc(Br)cc1F)CC1CCC1. The van der Waals surface area contributed by atoms with Gasteiger partial charge in [0, 0.05) is 23.1 Å². The van der Waals surface area contributed by atoms with Gasteiger partial charge in [-0.2, -0.15) is 0 Å². The van der Waals surface area contributed by atoms with E-state index in [9.17, 15) is 4.39 Å². The van der Waals surface area contributed by atoms with Gasteiger partial charge in [-0.15, -0.1) is 0 Å². The number of hydrogen-bond donors (Lipinski definition) is 0. The van der Waals surface area contributed by atoms with Crippen LogP contribution in [0.5, 0.6) is 0 Å². The molecule has 3 heteroatoms. The number of benzene rings is 1. The first kappa shape index (κ1) is 12.1. The van der Waals surface area contributed by atoms with Crippen molar-refractivity contribution in [3.05, 3.63) is 34.1 Å². The van der Waals surface area contributed by atoms with Crippen LogP contribution in [0, 0.1) is 11.7 Å². The van der Waals surface area contributed by atoms with Crippen LogP contribution >= 0.6 is 15.9 Å². The van der Waals surface area contributed by atoms with Crippen LogP contribution in [0.3, 0.4) is 0 Å². The number of halogens is 2. The molecule has 0 aliphatic heterocycles. The van der Waals surface area contributed by atoms with Gasteiger partial charge in [-0.1, -0.05) is 28.4 Å². The largest absolute Gasteiger partial charge is 0.302 e. The van der Waals surface area contributed by atoms with Gasteiger partial charge in [0.2, 0.25) is 0 Å². The highest BCUT2D eigenvalue weighted by Gasteiger charge is 2.19. The second kappa shape index (κ2) is 5.28. The molecule has 1 aliphatic rings. The molecule has 0 aromatic heterocycles. The first-order valence-electron chi connectivity index (χ1n) is 5.77. The molecule has 0 unspecified atom stereocenters. The maximum Gasteiger partial charge on any atom is 0.128 e. The molecule has 0 radical (unpaired) electrons. The molecule has 2 rings (SSSR count). The zero-order valence-electron chi connectivity index (χ0n) is 9.55. The molecule has 0 atom stereocenters. The van der Waals surface area contributed by atoms with E-state index in [0.717, 1.165) is 22.5 Å². The minimum absolute atomic E-state index is 0.116. The van der Waals surface area contributed by atoms with Gasteiger partial charge in [0.15, 0.2) is 0 Å². The third kappa shape index (κ3) is 3.05. The maximum atomic E-state index is 13.6. The average molecular weight is 286 g/mol. The lowest BCUT2D eigenvalue weighted by molar-refractivity contribution is 0.199. The van der Waals surface area contributed by atoms with Gasteiger partial charge < -0.3 is 4.90 Å². The van der Waals surface area contributed by atoms with Crippen LogP contribution < -0.4 is 0 Å². The summed E-state index contributed by atoms with van der Waals surface area (Å²) in [5.41, 5.74) is 0.782. The van der Waals surface area contributed by atoms with E-state index >= 15 is 0 Å². The van der Waals surface area contributed by atoms with E-state index in [1.807, 2.05) is 12.1 Å². The van der Waals surface area contributed by atoms with E-state index < -0.39 is 0 Å². The normalized spacial score (nSPS) is 16.5. The zero-order valence-corrected chi connectivity index (χ0v) is 11.1. The van der Waals surface area contributed by atoms with Crippen LogP contribution in [0.25, 0.3) is 0 Å². The van der Waals surface area contributed by atoms with Crippen LogP contribution in [0.4, 0.5) is 4.39 Å². The quantitative estimate of drug-likeness (QED) is 0.813. The fourth-order valence-corrected chi connectivity index (χ4v) is 2.45. The van der Waals surface area contributed by atoms with Crippen LogP contribution in [0.2, 0.25) is 0 Å². The van der Waals surface area contributed by atoms with Crippen molar-refractivity contribution in [2.45, 2.75) is 25.8 Å². The summed E-state index contributed by atoms with van der Waals surface area (Å²) in [6.45, 7) is 1.80. The van der Waals surface area contributed by atoms with Gasteiger partial charge >= 0.3 is 0 Å². The van der Waals surface area contributed by atoms with E-state index in [-0.39, 0.29) is 5.82 Å². The Labute approximate surface area is 105 Å². The monoisotopic (exact) mass is 285 g/mol. The highest BCUT2D eigenvalue weighted by atomic mass is 79.9. The third-order valence-corrected chi connectivity index (χ3v) is 3.74. The van der Waals surface area contributed by atoms with Gasteiger partial charge in [0.05, 0.1) is 0 Å². The highest BCUT2D eigenvalue weighted by molar-refractivity contribution is 9.10. The van der Waals surface area contributed by atoms with E-state index in [0.29, 0.717) is 6.54 Å². The summed E-state index contributed by atoms with van der Waals surface area (Å²) in [6.07, 6.45) is 4.05. The highest BCUT2D eigenvalue weighted by Crippen LogP contribution is 2.27. The van der Waals surface area contributed by atoms with E-state index in [4.69, 9.17) is 0 Å². The number of rotatable bonds is 4. The second-order valence-corrected chi connectivity index (χ2v) is 5.65. The molecular weight excluding hydrogens is 269 g/mol. The van der Waals surface area contributed by atoms with E-state index in [1.54, 1.807) is 0 Å². The van der Waals surface area contributed by atoms with Crippen LogP contribution in [-0.4, -0.2) is 18.5 Å². The number of nitrogens with zero attached hydrogens (tertiary/aromatic N) is 1. The van der Waals surface area contributed by atoms with Crippen molar-refractivity contribution in [1.82, 2.24) is 4.90 Å². The van der Waals surface area contributed by atoms with Gasteiger partial charge in [-0.05, 0) is 37.9 Å². The summed E-state index contributed by atoms with van der Waals surface area (Å²) in [7, 11) is 2.07. The predicted molar refractivity (Wildman–Crippen MR) is 67.8 cm³/mol. The molecule has 1 saturated carbocycles. The minimum Gasteiger partial charge on any atom is -0.302 e. The molecule has 1 fully saturated rings. The van der Waals surface area contributed by atoms with Crippen molar-refractivity contribution in [2.24, 2.45) is 5.92 Å². The summed E-state index contributed by atoms with van der Waals surface area (Å²) >= 11 is 3.27. The van der Waals surface area contributed by atoms with Gasteiger partial charge in [0.25, 0.3) is 0 Å². The summed E-state index contributed by atoms with van der Waals surface area (Å²) in [6, 6.07) is 5.29. The summed E-state index contributed by atoms with van der Waals surface area (Å²) in [5, 5.41) is 0. The first-order chi connectivity index (χ1) is 7.65. The molecular formula is C13H17BrFN. The Kier molecular flexibility index (Phi) is 3.98. The molecule has 16 heavy (non-hydrogen) atoms. The van der Waals surface area contributed by atoms with E-state index in [1.165, 1.54) is 25.3 Å². The first-order valence-corrected chi connectivity index (χ1v) is 6.57. The zero-order chi connectivity index (χ0) is 11.5. The Bertz CT molecular complexity index is 363. The van der Waals surface area contributed by atoms with Crippen molar-refractivity contribution in [2.75, 3.05) is 13.6 Å². The third-order valence-electron chi connectivity index (χ3n) is 3.25. The van der Waals surface area contributed by atoms with Crippen molar-refractivity contribution >= 4 is 15.9 Å². The number of hydrogen-bond acceptors (Lipinski definition) is 1. The molecule has 0 amide bonds. The van der Waals surface area contributed by atoms with Gasteiger partial charge in [-0.3, -0.25) is 0 Å². The molecule has 1 nitrogen and oxygen atoms in total. The summed E-state index contributed by atoms with van der Waals surface area (Å²) < 4.78 is 14.4. The lowest BCUT2D eigenvalue weighted by Crippen LogP contribution is -2.29. The van der Waals surface area contributed by atoms with Crippen molar-refractivity contribution < 1.29 is 4.39 Å². The van der Waals surface area contributed by atoms with Crippen molar-refractivity contribution in [3.63, 3.8) is 0 Å². The van der Waals surface area contributed by atoms with Crippen molar-refractivity contribution in [3.8, 4) is 0 Å². The van der Waals surface area contributed by atoms with Crippen LogP contribution in [0.1, 0.15) is 24.8 Å². The Hall–Kier alpha value is -0.410. The molecule has 1 aromatic rings. The summed E-state index contributed by atoms with van der Waals surface area (Å²) in [4.78, 5) is 2.22. The standard InChI is InChI=1S/C13H17BrFN/c1-16(8-10-3-2-4-10)9-11-5-6-12(14)7-13(11)15/h5-7,10H,2-4,8-9H2,1H3. The molecule has 88 valence electrons. The Morgan fingerprint density at radius 1 is 1.44 bits per heavy atom. The van der Waals surface area contributed by atoms with E-state index in [2.05, 4.69) is 27.9 Å². The van der Waals surface area contributed by atoms with Gasteiger partial charge in [-0.25, -0.2) is 4.39 Å². The fraction of sp³-hybridized carbons (Fsp3) is 0.538. The Morgan fingerprint density at radius 2 is 2.19 bits per heavy atom. The molecule has 0 N–H and O–H groups in total. The molecule has 0 heterocycles. The molecule has 0 bridgehead atoms. The average Bonchev–Trinajstić information content (AvgIpc) is 2.16. The van der Waals surface area contributed by atoms with Gasteiger partial charge in [0.1, 0.15) is 5.82 Å². The molecule has 0 saturated heterocycles. The second-order valence-electron chi connectivity index (χ2n) is 4.73. The lowest BCUT2D eigenvalue weighted by Gasteiger charge is -2.30. The minimum atomic E-state index is -0.116. The lowest BCUT2D eigenvalue weighted by atomic mass is 9.85.